The average molecular weight is 373 g/mol. The summed E-state index contributed by atoms with van der Waals surface area (Å²) in [6.45, 7) is 6.30. The average Bonchev–Trinajstić information content (AvgIpc) is 2.52. The van der Waals surface area contributed by atoms with E-state index in [9.17, 15) is 12.8 Å². The predicted octanol–water partition coefficient (Wildman–Crippen LogP) is 1.92. The second-order valence-corrected chi connectivity index (χ2v) is 9.49. The van der Waals surface area contributed by atoms with Gasteiger partial charge < -0.3 is 15.0 Å². The van der Waals surface area contributed by atoms with Gasteiger partial charge in [-0.2, -0.15) is 0 Å². The van der Waals surface area contributed by atoms with Gasteiger partial charge in [0, 0.05) is 20.6 Å². The van der Waals surface area contributed by atoms with Gasteiger partial charge in [0.25, 0.3) is 0 Å². The molecule has 0 fully saturated rings. The summed E-state index contributed by atoms with van der Waals surface area (Å²) in [7, 11) is 0.297. The van der Waals surface area contributed by atoms with Crippen LogP contribution in [0.25, 0.3) is 0 Å². The molecule has 0 aliphatic carbocycles. The summed E-state index contributed by atoms with van der Waals surface area (Å²) in [6, 6.07) is 5.82. The minimum absolute atomic E-state index is 0.0371. The Balaban J connectivity index is 2.42. The van der Waals surface area contributed by atoms with E-state index in [2.05, 4.69) is 10.3 Å². The number of aliphatic imine (C=N–C) groups is 1. The smallest absolute Gasteiger partial charge is 0.193 e. The Morgan fingerprint density at radius 2 is 1.88 bits per heavy atom. The lowest BCUT2D eigenvalue weighted by Crippen LogP contribution is -2.43. The molecule has 0 aromatic heterocycles. The standard InChI is InChI=1S/C17H28FN3O3S/c1-17(2,3)25(22,23)13-10-20-16(19-4)21(5)11-12-24-15-8-6-14(18)7-9-15/h6-9H,10-13H2,1-5H3,(H,19,20). The summed E-state index contributed by atoms with van der Waals surface area (Å²) in [5.41, 5.74) is 0. The predicted molar refractivity (Wildman–Crippen MR) is 99.4 cm³/mol. The summed E-state index contributed by atoms with van der Waals surface area (Å²) >= 11 is 0. The summed E-state index contributed by atoms with van der Waals surface area (Å²) in [4.78, 5) is 5.98. The fraction of sp³-hybridized carbons (Fsp3) is 0.588. The van der Waals surface area contributed by atoms with E-state index >= 15 is 0 Å². The van der Waals surface area contributed by atoms with Crippen molar-refractivity contribution >= 4 is 15.8 Å². The van der Waals surface area contributed by atoms with Gasteiger partial charge in [-0.3, -0.25) is 4.99 Å². The molecule has 0 radical (unpaired) electrons. The lowest BCUT2D eigenvalue weighted by molar-refractivity contribution is 0.281. The monoisotopic (exact) mass is 373 g/mol. The summed E-state index contributed by atoms with van der Waals surface area (Å²) < 4.78 is 41.8. The van der Waals surface area contributed by atoms with Crippen LogP contribution in [0.3, 0.4) is 0 Å². The SMILES string of the molecule is CN=C(NCCS(=O)(=O)C(C)(C)C)N(C)CCOc1ccc(F)cc1. The van der Waals surface area contributed by atoms with Crippen molar-refractivity contribution in [2.75, 3.05) is 39.5 Å². The fourth-order valence-electron chi connectivity index (χ4n) is 1.93. The van der Waals surface area contributed by atoms with Gasteiger partial charge >= 0.3 is 0 Å². The topological polar surface area (TPSA) is 71.0 Å². The maximum atomic E-state index is 12.8. The largest absolute Gasteiger partial charge is 0.492 e. The third kappa shape index (κ3) is 6.89. The van der Waals surface area contributed by atoms with Crippen molar-refractivity contribution in [1.82, 2.24) is 10.2 Å². The van der Waals surface area contributed by atoms with Crippen molar-refractivity contribution in [2.45, 2.75) is 25.5 Å². The molecule has 0 amide bonds. The number of guanidine groups is 1. The molecule has 1 aromatic rings. The second kappa shape index (κ2) is 9.03. The van der Waals surface area contributed by atoms with Crippen LogP contribution in [0.5, 0.6) is 5.75 Å². The first kappa shape index (κ1) is 21.2. The third-order valence-electron chi connectivity index (χ3n) is 3.67. The Morgan fingerprint density at radius 1 is 1.28 bits per heavy atom. The van der Waals surface area contributed by atoms with Gasteiger partial charge in [0.15, 0.2) is 15.8 Å². The molecule has 0 saturated heterocycles. The van der Waals surface area contributed by atoms with Gasteiger partial charge in [0.05, 0.1) is 17.0 Å². The van der Waals surface area contributed by atoms with Gasteiger partial charge in [0.1, 0.15) is 18.2 Å². The molecule has 25 heavy (non-hydrogen) atoms. The van der Waals surface area contributed by atoms with E-state index in [1.54, 1.807) is 40.0 Å². The fourth-order valence-corrected chi connectivity index (χ4v) is 2.91. The zero-order valence-corrected chi connectivity index (χ0v) is 16.4. The van der Waals surface area contributed by atoms with Crippen LogP contribution >= 0.6 is 0 Å². The molecule has 8 heteroatoms. The number of likely N-dealkylation sites (N-methyl/N-ethyl adjacent to an activating group) is 1. The Morgan fingerprint density at radius 3 is 2.40 bits per heavy atom. The Bertz CT molecular complexity index is 667. The minimum atomic E-state index is -3.18. The molecule has 1 rings (SSSR count). The van der Waals surface area contributed by atoms with E-state index in [-0.39, 0.29) is 18.1 Å². The number of sulfone groups is 1. The molecule has 142 valence electrons. The first-order valence-corrected chi connectivity index (χ1v) is 9.74. The quantitative estimate of drug-likeness (QED) is 0.584. The van der Waals surface area contributed by atoms with Gasteiger partial charge in [-0.1, -0.05) is 0 Å². The van der Waals surface area contributed by atoms with Crippen molar-refractivity contribution in [1.29, 1.82) is 0 Å². The highest BCUT2D eigenvalue weighted by molar-refractivity contribution is 7.92. The number of hydrogen-bond acceptors (Lipinski definition) is 4. The molecule has 0 bridgehead atoms. The van der Waals surface area contributed by atoms with Crippen LogP contribution < -0.4 is 10.1 Å². The molecule has 1 N–H and O–H groups in total. The molecule has 0 aliphatic rings. The third-order valence-corrected chi connectivity index (χ3v) is 6.28. The molecule has 0 unspecified atom stereocenters. The maximum absolute atomic E-state index is 12.8. The molecule has 0 spiro atoms. The number of nitrogens with zero attached hydrogens (tertiary/aromatic N) is 2. The van der Waals surface area contributed by atoms with Crippen molar-refractivity contribution in [3.8, 4) is 5.75 Å². The molecule has 0 saturated carbocycles. The van der Waals surface area contributed by atoms with Gasteiger partial charge in [-0.05, 0) is 45.0 Å². The number of ether oxygens (including phenoxy) is 1. The number of benzene rings is 1. The minimum Gasteiger partial charge on any atom is -0.492 e. The van der Waals surface area contributed by atoms with Crippen molar-refractivity contribution in [2.24, 2.45) is 4.99 Å². The Hall–Kier alpha value is -1.83. The van der Waals surface area contributed by atoms with Crippen LogP contribution in [0.2, 0.25) is 0 Å². The number of nitrogens with one attached hydrogen (secondary N) is 1. The van der Waals surface area contributed by atoms with E-state index in [0.29, 0.717) is 24.9 Å². The van der Waals surface area contributed by atoms with Crippen LogP contribution in [0, 0.1) is 5.82 Å². The Kier molecular flexibility index (Phi) is 7.66. The molecular formula is C17H28FN3O3S. The second-order valence-electron chi connectivity index (χ2n) is 6.63. The first-order chi connectivity index (χ1) is 11.6. The summed E-state index contributed by atoms with van der Waals surface area (Å²) in [5, 5.41) is 3.05. The van der Waals surface area contributed by atoms with E-state index in [4.69, 9.17) is 4.74 Å². The normalized spacial score (nSPS) is 12.8. The van der Waals surface area contributed by atoms with Crippen molar-refractivity contribution in [3.63, 3.8) is 0 Å². The first-order valence-electron chi connectivity index (χ1n) is 8.09. The summed E-state index contributed by atoms with van der Waals surface area (Å²) in [6.07, 6.45) is 0. The van der Waals surface area contributed by atoms with Gasteiger partial charge in [-0.15, -0.1) is 0 Å². The van der Waals surface area contributed by atoms with Crippen LogP contribution in [-0.2, 0) is 9.84 Å². The van der Waals surface area contributed by atoms with Crippen LogP contribution in [0.15, 0.2) is 29.3 Å². The van der Waals surface area contributed by atoms with Crippen molar-refractivity contribution < 1.29 is 17.5 Å². The summed E-state index contributed by atoms with van der Waals surface area (Å²) in [5.74, 6) is 0.912. The lowest BCUT2D eigenvalue weighted by atomic mass is 10.3. The Labute approximate surface area is 150 Å². The highest BCUT2D eigenvalue weighted by Gasteiger charge is 2.28. The lowest BCUT2D eigenvalue weighted by Gasteiger charge is -2.23. The number of hydrogen-bond donors (Lipinski definition) is 1. The van der Waals surface area contributed by atoms with E-state index in [1.807, 2.05) is 11.9 Å². The molecular weight excluding hydrogens is 345 g/mol. The van der Waals surface area contributed by atoms with Crippen LogP contribution in [0.1, 0.15) is 20.8 Å². The van der Waals surface area contributed by atoms with E-state index in [0.717, 1.165) is 0 Å². The number of halogens is 1. The molecule has 1 aromatic carbocycles. The van der Waals surface area contributed by atoms with Crippen LogP contribution in [-0.4, -0.2) is 63.6 Å². The number of rotatable bonds is 7. The zero-order valence-electron chi connectivity index (χ0n) is 15.5. The van der Waals surface area contributed by atoms with E-state index < -0.39 is 14.6 Å². The molecule has 6 nitrogen and oxygen atoms in total. The molecule has 0 atom stereocenters. The molecule has 0 aliphatic heterocycles. The maximum Gasteiger partial charge on any atom is 0.193 e. The van der Waals surface area contributed by atoms with Crippen LogP contribution in [0.4, 0.5) is 4.39 Å². The van der Waals surface area contributed by atoms with Gasteiger partial charge in [-0.25, -0.2) is 12.8 Å². The highest BCUT2D eigenvalue weighted by Crippen LogP contribution is 2.15. The highest BCUT2D eigenvalue weighted by atomic mass is 32.2. The molecule has 0 heterocycles. The van der Waals surface area contributed by atoms with E-state index in [1.165, 1.54) is 12.1 Å². The van der Waals surface area contributed by atoms with Crippen molar-refractivity contribution in [3.05, 3.63) is 30.1 Å². The van der Waals surface area contributed by atoms with Gasteiger partial charge in [0.2, 0.25) is 0 Å². The zero-order chi connectivity index (χ0) is 19.1.